The largest absolute Gasteiger partial charge is 0.482 e. The van der Waals surface area contributed by atoms with E-state index in [4.69, 9.17) is 21.1 Å². The third-order valence-electron chi connectivity index (χ3n) is 4.32. The zero-order valence-corrected chi connectivity index (χ0v) is 15.4. The van der Waals surface area contributed by atoms with Crippen molar-refractivity contribution >= 4 is 27.5 Å². The van der Waals surface area contributed by atoms with Crippen LogP contribution in [0, 0.1) is 0 Å². The molecule has 0 saturated carbocycles. The van der Waals surface area contributed by atoms with Crippen molar-refractivity contribution in [2.75, 3.05) is 46.0 Å². The molecule has 0 radical (unpaired) electrons. The van der Waals surface area contributed by atoms with Gasteiger partial charge in [-0.25, -0.2) is 8.42 Å². The number of benzene rings is 1. The fraction of sp³-hybridized carbons (Fsp3) is 0.562. The Balaban J connectivity index is 1.64. The molecule has 3 rings (SSSR count). The van der Waals surface area contributed by atoms with Crippen molar-refractivity contribution in [1.29, 1.82) is 0 Å². The van der Waals surface area contributed by atoms with Crippen LogP contribution in [0.3, 0.4) is 0 Å². The monoisotopic (exact) mass is 388 g/mol. The molecule has 2 heterocycles. The van der Waals surface area contributed by atoms with Crippen LogP contribution in [-0.4, -0.2) is 69.5 Å². The Labute approximate surface area is 152 Å². The van der Waals surface area contributed by atoms with Gasteiger partial charge in [-0.2, -0.15) is 4.31 Å². The second-order valence-electron chi connectivity index (χ2n) is 5.99. The number of hydrogen-bond acceptors (Lipinski definition) is 5. The minimum Gasteiger partial charge on any atom is -0.482 e. The van der Waals surface area contributed by atoms with E-state index in [9.17, 15) is 13.2 Å². The highest BCUT2D eigenvalue weighted by molar-refractivity contribution is 7.89. The van der Waals surface area contributed by atoms with E-state index in [2.05, 4.69) is 0 Å². The highest BCUT2D eigenvalue weighted by Gasteiger charge is 2.27. The zero-order chi connectivity index (χ0) is 17.9. The summed E-state index contributed by atoms with van der Waals surface area (Å²) in [5, 5.41) is 0.176. The Bertz CT molecular complexity index is 728. The minimum atomic E-state index is -3.52. The summed E-state index contributed by atoms with van der Waals surface area (Å²) in [6, 6.07) is 4.34. The number of morpholine rings is 1. The summed E-state index contributed by atoms with van der Waals surface area (Å²) in [6.07, 6.45) is 1.75. The molecule has 0 N–H and O–H groups in total. The maximum atomic E-state index is 12.5. The molecule has 0 atom stereocenters. The first-order valence-corrected chi connectivity index (χ1v) is 10.1. The molecule has 1 amide bonds. The fourth-order valence-electron chi connectivity index (χ4n) is 2.88. The zero-order valence-electron chi connectivity index (χ0n) is 13.8. The third-order valence-corrected chi connectivity index (χ3v) is 6.51. The molecule has 0 spiro atoms. The molecule has 2 aliphatic rings. The average molecular weight is 389 g/mol. The van der Waals surface area contributed by atoms with Gasteiger partial charge >= 0.3 is 0 Å². The first-order valence-electron chi connectivity index (χ1n) is 8.26. The lowest BCUT2D eigenvalue weighted by atomic mass is 10.3. The molecule has 2 saturated heterocycles. The molecule has 9 heteroatoms. The van der Waals surface area contributed by atoms with Gasteiger partial charge in [0.1, 0.15) is 5.75 Å². The van der Waals surface area contributed by atoms with E-state index in [-0.39, 0.29) is 22.4 Å². The highest BCUT2D eigenvalue weighted by atomic mass is 35.5. The van der Waals surface area contributed by atoms with Crippen LogP contribution in [0.25, 0.3) is 0 Å². The summed E-state index contributed by atoms with van der Waals surface area (Å²) in [5.41, 5.74) is 0. The summed E-state index contributed by atoms with van der Waals surface area (Å²) < 4.78 is 37.2. The lowest BCUT2D eigenvalue weighted by Crippen LogP contribution is -2.43. The van der Waals surface area contributed by atoms with Gasteiger partial charge < -0.3 is 14.4 Å². The van der Waals surface area contributed by atoms with Crippen molar-refractivity contribution < 1.29 is 22.7 Å². The van der Waals surface area contributed by atoms with Crippen LogP contribution in [0.2, 0.25) is 5.02 Å². The van der Waals surface area contributed by atoms with Crippen LogP contribution < -0.4 is 4.74 Å². The van der Waals surface area contributed by atoms with E-state index in [0.717, 1.165) is 12.8 Å². The number of hydrogen-bond donors (Lipinski definition) is 0. The van der Waals surface area contributed by atoms with E-state index in [1.165, 1.54) is 22.5 Å². The molecule has 1 aromatic carbocycles. The maximum absolute atomic E-state index is 12.5. The lowest BCUT2D eigenvalue weighted by Gasteiger charge is -2.26. The second kappa shape index (κ2) is 7.90. The number of carbonyl (C=O) groups is 1. The van der Waals surface area contributed by atoms with Crippen molar-refractivity contribution in [2.24, 2.45) is 0 Å². The minimum absolute atomic E-state index is 0.141. The average Bonchev–Trinajstić information content (AvgIpc) is 3.16. The van der Waals surface area contributed by atoms with E-state index in [0.29, 0.717) is 45.1 Å². The second-order valence-corrected chi connectivity index (χ2v) is 8.33. The first kappa shape index (κ1) is 18.4. The van der Waals surface area contributed by atoms with Crippen LogP contribution in [0.4, 0.5) is 0 Å². The number of amides is 1. The number of rotatable bonds is 5. The molecule has 138 valence electrons. The topological polar surface area (TPSA) is 76.2 Å². The maximum Gasteiger partial charge on any atom is 0.260 e. The number of sulfonamides is 1. The van der Waals surface area contributed by atoms with Gasteiger partial charge in [0.05, 0.1) is 23.1 Å². The summed E-state index contributed by atoms with van der Waals surface area (Å²) >= 11 is 6.16. The van der Waals surface area contributed by atoms with Crippen LogP contribution in [-0.2, 0) is 19.6 Å². The van der Waals surface area contributed by atoms with Gasteiger partial charge in [0.25, 0.3) is 5.91 Å². The van der Waals surface area contributed by atoms with Crippen LogP contribution in [0.15, 0.2) is 23.1 Å². The van der Waals surface area contributed by atoms with E-state index in [1.54, 1.807) is 4.90 Å². The molecule has 25 heavy (non-hydrogen) atoms. The number of nitrogens with zero attached hydrogens (tertiary/aromatic N) is 2. The molecule has 7 nitrogen and oxygen atoms in total. The van der Waals surface area contributed by atoms with E-state index in [1.807, 2.05) is 0 Å². The number of ether oxygens (including phenoxy) is 2. The standard InChI is InChI=1S/C16H21ClN2O5S/c17-14-11-13(25(21,22)19-5-1-2-6-19)3-4-15(14)24-12-16(20)18-7-9-23-10-8-18/h3-4,11H,1-2,5-10,12H2. The van der Waals surface area contributed by atoms with Crippen LogP contribution >= 0.6 is 11.6 Å². The van der Waals surface area contributed by atoms with Gasteiger partial charge in [0.2, 0.25) is 10.0 Å². The van der Waals surface area contributed by atoms with E-state index < -0.39 is 10.0 Å². The summed E-state index contributed by atoms with van der Waals surface area (Å²) in [7, 11) is -3.52. The summed E-state index contributed by atoms with van der Waals surface area (Å²) in [6.45, 7) is 3.06. The van der Waals surface area contributed by atoms with Gasteiger partial charge in [0.15, 0.2) is 6.61 Å². The smallest absolute Gasteiger partial charge is 0.260 e. The van der Waals surface area contributed by atoms with E-state index >= 15 is 0 Å². The van der Waals surface area contributed by atoms with Crippen molar-refractivity contribution in [3.8, 4) is 5.75 Å². The molecule has 2 aliphatic heterocycles. The fourth-order valence-corrected chi connectivity index (χ4v) is 4.72. The Morgan fingerprint density at radius 3 is 2.48 bits per heavy atom. The van der Waals surface area contributed by atoms with Gasteiger partial charge in [-0.15, -0.1) is 0 Å². The van der Waals surface area contributed by atoms with Crippen molar-refractivity contribution in [3.63, 3.8) is 0 Å². The van der Waals surface area contributed by atoms with Gasteiger partial charge in [-0.1, -0.05) is 11.6 Å². The van der Waals surface area contributed by atoms with Crippen LogP contribution in [0.5, 0.6) is 5.75 Å². The van der Waals surface area contributed by atoms with Gasteiger partial charge in [-0.05, 0) is 31.0 Å². The molecule has 2 fully saturated rings. The summed E-state index contributed by atoms with van der Waals surface area (Å²) in [4.78, 5) is 13.9. The Morgan fingerprint density at radius 1 is 1.16 bits per heavy atom. The predicted octanol–water partition coefficient (Wildman–Crippen LogP) is 1.36. The van der Waals surface area contributed by atoms with Crippen molar-refractivity contribution in [3.05, 3.63) is 23.2 Å². The van der Waals surface area contributed by atoms with Crippen molar-refractivity contribution in [2.45, 2.75) is 17.7 Å². The Hall–Kier alpha value is -1.35. The number of carbonyl (C=O) groups excluding carboxylic acids is 1. The molecule has 0 aromatic heterocycles. The number of halogens is 1. The molecule has 0 unspecified atom stereocenters. The molecular weight excluding hydrogens is 368 g/mol. The van der Waals surface area contributed by atoms with Crippen molar-refractivity contribution in [1.82, 2.24) is 9.21 Å². The summed E-state index contributed by atoms with van der Waals surface area (Å²) in [5.74, 6) is 0.150. The molecule has 0 bridgehead atoms. The molecule has 0 aliphatic carbocycles. The SMILES string of the molecule is O=C(COc1ccc(S(=O)(=O)N2CCCC2)cc1Cl)N1CCOCC1. The highest BCUT2D eigenvalue weighted by Crippen LogP contribution is 2.29. The normalized spacial score (nSPS) is 19.2. The molecular formula is C16H21ClN2O5S. The Morgan fingerprint density at radius 2 is 1.84 bits per heavy atom. The Kier molecular flexibility index (Phi) is 5.83. The first-order chi connectivity index (χ1) is 12.0. The quantitative estimate of drug-likeness (QED) is 0.761. The van der Waals surface area contributed by atoms with Gasteiger partial charge in [0, 0.05) is 26.2 Å². The van der Waals surface area contributed by atoms with Crippen LogP contribution in [0.1, 0.15) is 12.8 Å². The van der Waals surface area contributed by atoms with Gasteiger partial charge in [-0.3, -0.25) is 4.79 Å². The molecule has 1 aromatic rings. The lowest BCUT2D eigenvalue weighted by molar-refractivity contribution is -0.137. The third kappa shape index (κ3) is 4.25. The predicted molar refractivity (Wildman–Crippen MR) is 92.3 cm³/mol.